The predicted molar refractivity (Wildman–Crippen MR) is 296 cm³/mol. The normalized spacial score (nSPS) is 30.7. The maximum absolute atomic E-state index is 13.3. The third kappa shape index (κ3) is 26.5. The number of nitrogens with one attached hydrogen (secondary N) is 1. The van der Waals surface area contributed by atoms with Crippen molar-refractivity contribution in [1.29, 1.82) is 0 Å². The van der Waals surface area contributed by atoms with E-state index >= 15 is 0 Å². The van der Waals surface area contributed by atoms with E-state index in [1.807, 2.05) is 6.08 Å². The fourth-order valence-corrected chi connectivity index (χ4v) is 10.2. The second-order valence-electron chi connectivity index (χ2n) is 21.8. The summed E-state index contributed by atoms with van der Waals surface area (Å²) in [5.74, 6) is -0.281. The molecule has 0 aromatic heterocycles. The van der Waals surface area contributed by atoms with Crippen LogP contribution in [-0.2, 0) is 33.2 Å². The number of unbranched alkanes of at least 4 members (excludes halogenated alkanes) is 24. The van der Waals surface area contributed by atoms with Gasteiger partial charge in [0.25, 0.3) is 0 Å². The Morgan fingerprint density at radius 1 is 0.462 bits per heavy atom. The van der Waals surface area contributed by atoms with Gasteiger partial charge in [-0.1, -0.05) is 179 Å². The minimum Gasteiger partial charge on any atom is -0.394 e. The summed E-state index contributed by atoms with van der Waals surface area (Å²) in [4.78, 5) is 13.3. The van der Waals surface area contributed by atoms with Crippen LogP contribution in [0.5, 0.6) is 0 Å². The molecule has 0 radical (unpaired) electrons. The molecule has 12 N–H and O–H groups in total. The smallest absolute Gasteiger partial charge is 0.220 e. The van der Waals surface area contributed by atoms with Gasteiger partial charge in [-0.25, -0.2) is 0 Å². The molecule has 17 unspecified atom stereocenters. The number of carbonyl (C=O) groups is 1. The second kappa shape index (κ2) is 42.8. The Kier molecular flexibility index (Phi) is 38.5. The summed E-state index contributed by atoms with van der Waals surface area (Å²) in [5, 5.41) is 120. The molecule has 19 heteroatoms. The maximum atomic E-state index is 13.3. The van der Waals surface area contributed by atoms with Gasteiger partial charge in [0.15, 0.2) is 18.9 Å². The summed E-state index contributed by atoms with van der Waals surface area (Å²) < 4.78 is 34.2. The van der Waals surface area contributed by atoms with Crippen LogP contribution in [0.4, 0.5) is 0 Å². The molecule has 0 bridgehead atoms. The zero-order chi connectivity index (χ0) is 56.9. The fourth-order valence-electron chi connectivity index (χ4n) is 10.2. The molecule has 3 saturated heterocycles. The van der Waals surface area contributed by atoms with Gasteiger partial charge in [-0.3, -0.25) is 4.79 Å². The molecule has 3 fully saturated rings. The lowest BCUT2D eigenvalue weighted by atomic mass is 9.96. The highest BCUT2D eigenvalue weighted by Gasteiger charge is 2.53. The highest BCUT2D eigenvalue weighted by Crippen LogP contribution is 2.33. The standard InChI is InChI=1S/C59H107NO18/c1-3-5-7-9-11-13-15-17-19-20-21-22-23-25-27-29-31-33-35-37-47(65)60-42(43(64)36-34-32-30-28-26-24-18-16-14-12-10-8-6-4-2)41-73-57-53(71)50(68)55(45(39-62)75-57)78-59-54(72)51(69)56(46(40-63)76-59)77-58-52(70)49(67)48(66)44(38-61)74-58/h11,13,17,19,34,36,42-46,48-59,61-64,66-72H,3-10,12,14-16,18,20-33,35,37-41H2,1-2H3,(H,60,65)/b13-11-,19-17-,36-34+. The molecule has 0 aliphatic carbocycles. The van der Waals surface area contributed by atoms with Gasteiger partial charge < -0.3 is 89.9 Å². The molecule has 0 aromatic rings. The van der Waals surface area contributed by atoms with Crippen LogP contribution in [0.3, 0.4) is 0 Å². The van der Waals surface area contributed by atoms with Crippen LogP contribution in [0.1, 0.15) is 200 Å². The van der Waals surface area contributed by atoms with E-state index in [0.29, 0.717) is 6.42 Å². The summed E-state index contributed by atoms with van der Waals surface area (Å²) in [6.07, 6.45) is 18.3. The van der Waals surface area contributed by atoms with Crippen LogP contribution in [0.15, 0.2) is 36.5 Å². The van der Waals surface area contributed by atoms with Gasteiger partial charge in [-0.2, -0.15) is 0 Å². The van der Waals surface area contributed by atoms with Crippen molar-refractivity contribution in [3.8, 4) is 0 Å². The number of carbonyl (C=O) groups excluding carboxylic acids is 1. The van der Waals surface area contributed by atoms with Crippen molar-refractivity contribution in [2.75, 3.05) is 26.4 Å². The SMILES string of the molecule is CCCCC/C=C\C/C=C\CCCCCCCCCCCC(=O)NC(COC1OC(CO)C(OC2OC(CO)C(OC3OC(CO)C(O)C(O)C3O)C(O)C2O)C(O)C1O)C(O)/C=C/CCCCCCCCCCCCCC. The zero-order valence-corrected chi connectivity index (χ0v) is 47.4. The largest absolute Gasteiger partial charge is 0.394 e. The number of hydrogen-bond donors (Lipinski definition) is 12. The zero-order valence-electron chi connectivity index (χ0n) is 47.4. The average molecular weight is 1120 g/mol. The van der Waals surface area contributed by atoms with E-state index in [1.54, 1.807) is 6.08 Å². The van der Waals surface area contributed by atoms with Gasteiger partial charge in [0.2, 0.25) is 5.91 Å². The maximum Gasteiger partial charge on any atom is 0.220 e. The number of aliphatic hydroxyl groups excluding tert-OH is 11. The van der Waals surface area contributed by atoms with Crippen LogP contribution < -0.4 is 5.32 Å². The van der Waals surface area contributed by atoms with Crippen molar-refractivity contribution in [2.45, 2.75) is 304 Å². The Morgan fingerprint density at radius 2 is 0.846 bits per heavy atom. The van der Waals surface area contributed by atoms with Crippen LogP contribution in [0.25, 0.3) is 0 Å². The van der Waals surface area contributed by atoms with E-state index in [2.05, 4.69) is 43.5 Å². The minimum absolute atomic E-state index is 0.238. The quantitative estimate of drug-likeness (QED) is 0.0271. The first-order valence-corrected chi connectivity index (χ1v) is 30.2. The first kappa shape index (κ1) is 70.3. The van der Waals surface area contributed by atoms with E-state index in [-0.39, 0.29) is 18.9 Å². The van der Waals surface area contributed by atoms with Gasteiger partial charge in [0.1, 0.15) is 73.2 Å². The Balaban J connectivity index is 1.50. The predicted octanol–water partition coefficient (Wildman–Crippen LogP) is 5.32. The highest BCUT2D eigenvalue weighted by molar-refractivity contribution is 5.76. The van der Waals surface area contributed by atoms with Crippen molar-refractivity contribution in [3.05, 3.63) is 36.5 Å². The van der Waals surface area contributed by atoms with Crippen LogP contribution in [-0.4, -0.2) is 193 Å². The van der Waals surface area contributed by atoms with Crippen molar-refractivity contribution in [2.24, 2.45) is 0 Å². The lowest BCUT2D eigenvalue weighted by molar-refractivity contribution is -0.379. The Labute approximate surface area is 466 Å². The number of ether oxygens (including phenoxy) is 6. The van der Waals surface area contributed by atoms with Gasteiger partial charge in [0, 0.05) is 6.42 Å². The topological polar surface area (TPSA) is 307 Å². The molecular formula is C59H107NO18. The van der Waals surface area contributed by atoms with Gasteiger partial charge >= 0.3 is 0 Å². The van der Waals surface area contributed by atoms with Crippen LogP contribution in [0, 0.1) is 0 Å². The molecule has 1 amide bonds. The van der Waals surface area contributed by atoms with E-state index < -0.39 is 124 Å². The molecule has 3 aliphatic heterocycles. The molecular weight excluding hydrogens is 1010 g/mol. The third-order valence-electron chi connectivity index (χ3n) is 15.2. The van der Waals surface area contributed by atoms with Gasteiger partial charge in [-0.05, 0) is 51.4 Å². The lowest BCUT2D eigenvalue weighted by Gasteiger charge is -2.48. The van der Waals surface area contributed by atoms with E-state index in [0.717, 1.165) is 64.2 Å². The minimum atomic E-state index is -1.98. The molecule has 0 saturated carbocycles. The number of allylic oxidation sites excluding steroid dienone is 5. The third-order valence-corrected chi connectivity index (χ3v) is 15.2. The first-order chi connectivity index (χ1) is 37.8. The van der Waals surface area contributed by atoms with Crippen molar-refractivity contribution in [1.82, 2.24) is 5.32 Å². The number of amides is 1. The molecule has 19 nitrogen and oxygen atoms in total. The van der Waals surface area contributed by atoms with Gasteiger partial charge in [0.05, 0.1) is 38.6 Å². The fraction of sp³-hybridized carbons (Fsp3) is 0.881. The molecule has 456 valence electrons. The van der Waals surface area contributed by atoms with Crippen LogP contribution in [0.2, 0.25) is 0 Å². The number of rotatable bonds is 44. The molecule has 0 aromatic carbocycles. The van der Waals surface area contributed by atoms with Crippen molar-refractivity contribution >= 4 is 5.91 Å². The van der Waals surface area contributed by atoms with Crippen molar-refractivity contribution in [3.63, 3.8) is 0 Å². The van der Waals surface area contributed by atoms with E-state index in [1.165, 1.54) is 109 Å². The molecule has 0 spiro atoms. The summed E-state index contributed by atoms with van der Waals surface area (Å²) in [7, 11) is 0. The summed E-state index contributed by atoms with van der Waals surface area (Å²) >= 11 is 0. The van der Waals surface area contributed by atoms with Gasteiger partial charge in [-0.15, -0.1) is 0 Å². The van der Waals surface area contributed by atoms with Crippen molar-refractivity contribution < 1.29 is 89.4 Å². The highest BCUT2D eigenvalue weighted by atomic mass is 16.8. The molecule has 17 atom stereocenters. The molecule has 3 aliphatic rings. The molecule has 3 rings (SSSR count). The van der Waals surface area contributed by atoms with E-state index in [4.69, 9.17) is 28.4 Å². The summed E-state index contributed by atoms with van der Waals surface area (Å²) in [5.41, 5.74) is 0. The number of aliphatic hydroxyl groups is 11. The monoisotopic (exact) mass is 1120 g/mol. The van der Waals surface area contributed by atoms with E-state index in [9.17, 15) is 61.0 Å². The molecule has 3 heterocycles. The Hall–Kier alpha value is -1.99. The first-order valence-electron chi connectivity index (χ1n) is 30.2. The Morgan fingerprint density at radius 3 is 1.33 bits per heavy atom. The summed E-state index contributed by atoms with van der Waals surface area (Å²) in [6, 6.07) is -0.973. The Bertz CT molecular complexity index is 1570. The lowest BCUT2D eigenvalue weighted by Crippen LogP contribution is -2.66. The second-order valence-corrected chi connectivity index (χ2v) is 21.8. The number of hydrogen-bond acceptors (Lipinski definition) is 18. The van der Waals surface area contributed by atoms with Crippen LogP contribution >= 0.6 is 0 Å². The average Bonchev–Trinajstić information content (AvgIpc) is 3.45. The summed E-state index contributed by atoms with van der Waals surface area (Å²) in [6.45, 7) is 1.68. The molecule has 78 heavy (non-hydrogen) atoms.